The van der Waals surface area contributed by atoms with Gasteiger partial charge in [-0.15, -0.1) is 0 Å². The molecule has 2 rings (SSSR count). The first-order chi connectivity index (χ1) is 11.4. The zero-order valence-electron chi connectivity index (χ0n) is 12.8. The third-order valence-corrected chi connectivity index (χ3v) is 3.47. The molecule has 0 aromatic heterocycles. The minimum Gasteiger partial charge on any atom is -0.322 e. The maximum atomic E-state index is 12.5. The van der Waals surface area contributed by atoms with Gasteiger partial charge in [-0.3, -0.25) is 4.79 Å². The van der Waals surface area contributed by atoms with Crippen molar-refractivity contribution in [3.63, 3.8) is 0 Å². The van der Waals surface area contributed by atoms with Gasteiger partial charge in [0.25, 0.3) is 5.91 Å². The van der Waals surface area contributed by atoms with Gasteiger partial charge < -0.3 is 10.1 Å². The van der Waals surface area contributed by atoms with Crippen molar-refractivity contribution in [2.75, 3.05) is 5.32 Å². The van der Waals surface area contributed by atoms with Gasteiger partial charge in [-0.2, -0.15) is 13.2 Å². The average Bonchev–Trinajstić information content (AvgIpc) is 2.55. The Morgan fingerprint density at radius 1 is 1.00 bits per heavy atom. The summed E-state index contributed by atoms with van der Waals surface area (Å²) in [6, 6.07) is 11.2. The molecule has 126 valence electrons. The van der Waals surface area contributed by atoms with Crippen molar-refractivity contribution in [1.82, 2.24) is 0 Å². The summed E-state index contributed by atoms with van der Waals surface area (Å²) in [5.74, 6) is -0.394. The number of benzene rings is 2. The van der Waals surface area contributed by atoms with Crippen molar-refractivity contribution in [2.45, 2.75) is 25.4 Å². The van der Waals surface area contributed by atoms with Gasteiger partial charge in [0.05, 0.1) is 5.56 Å². The molecule has 0 aliphatic carbocycles. The van der Waals surface area contributed by atoms with Crippen molar-refractivity contribution < 1.29 is 22.8 Å². The second-order valence-corrected chi connectivity index (χ2v) is 5.29. The fourth-order valence-corrected chi connectivity index (χ4v) is 2.16. The predicted molar refractivity (Wildman–Crippen MR) is 84.8 cm³/mol. The summed E-state index contributed by atoms with van der Waals surface area (Å²) in [5, 5.41) is 2.56. The Morgan fingerprint density at radius 3 is 2.17 bits per heavy atom. The number of carbonyl (C=O) groups is 2. The van der Waals surface area contributed by atoms with Gasteiger partial charge in [0.15, 0.2) is 0 Å². The molecule has 2 aromatic rings. The van der Waals surface area contributed by atoms with Crippen LogP contribution >= 0.6 is 0 Å². The van der Waals surface area contributed by atoms with Crippen LogP contribution in [-0.4, -0.2) is 12.2 Å². The molecule has 24 heavy (non-hydrogen) atoms. The first-order valence-corrected chi connectivity index (χ1v) is 7.41. The number of alkyl halides is 3. The van der Waals surface area contributed by atoms with E-state index in [1.165, 1.54) is 12.1 Å². The van der Waals surface area contributed by atoms with Gasteiger partial charge in [-0.1, -0.05) is 12.1 Å². The van der Waals surface area contributed by atoms with Crippen LogP contribution in [0.1, 0.15) is 34.3 Å². The molecular weight excluding hydrogens is 319 g/mol. The molecular formula is C18H16F3NO2. The molecule has 0 atom stereocenters. The lowest BCUT2D eigenvalue weighted by Gasteiger charge is -2.09. The Morgan fingerprint density at radius 2 is 1.62 bits per heavy atom. The standard InChI is InChI=1S/C18H16F3NO2/c19-18(20,21)15-8-10-16(11-9-15)22-17(24)14-6-4-13(5-7-14)3-1-2-12-23/h4-12H,1-3H2,(H,22,24). The number of anilines is 1. The number of amides is 1. The molecule has 6 heteroatoms. The second kappa shape index (κ2) is 7.77. The van der Waals surface area contributed by atoms with E-state index in [1.807, 2.05) is 0 Å². The van der Waals surface area contributed by atoms with Gasteiger partial charge >= 0.3 is 6.18 Å². The summed E-state index contributed by atoms with van der Waals surface area (Å²) in [6.07, 6.45) is -1.54. The topological polar surface area (TPSA) is 46.2 Å². The first-order valence-electron chi connectivity index (χ1n) is 7.41. The van der Waals surface area contributed by atoms with Crippen molar-refractivity contribution >= 4 is 17.9 Å². The Bertz CT molecular complexity index is 692. The fourth-order valence-electron chi connectivity index (χ4n) is 2.16. The van der Waals surface area contributed by atoms with Crippen molar-refractivity contribution in [3.8, 4) is 0 Å². The van der Waals surface area contributed by atoms with Crippen LogP contribution in [0, 0.1) is 0 Å². The van der Waals surface area contributed by atoms with E-state index in [0.717, 1.165) is 36.8 Å². The normalized spacial score (nSPS) is 11.1. The van der Waals surface area contributed by atoms with Crippen LogP contribution in [0.3, 0.4) is 0 Å². The Labute approximate surface area is 137 Å². The zero-order chi connectivity index (χ0) is 17.6. The summed E-state index contributed by atoms with van der Waals surface area (Å²) < 4.78 is 37.5. The van der Waals surface area contributed by atoms with Crippen molar-refractivity contribution in [2.24, 2.45) is 0 Å². The lowest BCUT2D eigenvalue weighted by atomic mass is 10.1. The fraction of sp³-hybridized carbons (Fsp3) is 0.222. The van der Waals surface area contributed by atoms with Crippen LogP contribution in [0.25, 0.3) is 0 Å². The number of halogens is 3. The molecule has 1 N–H and O–H groups in total. The van der Waals surface area contributed by atoms with E-state index in [0.29, 0.717) is 17.7 Å². The summed E-state index contributed by atoms with van der Waals surface area (Å²) in [7, 11) is 0. The highest BCUT2D eigenvalue weighted by Gasteiger charge is 2.29. The molecule has 0 spiro atoms. The molecule has 0 aliphatic heterocycles. The third-order valence-electron chi connectivity index (χ3n) is 3.47. The monoisotopic (exact) mass is 335 g/mol. The maximum Gasteiger partial charge on any atom is 0.416 e. The molecule has 0 bridgehead atoms. The Hall–Kier alpha value is -2.63. The first kappa shape index (κ1) is 17.7. The van der Waals surface area contributed by atoms with Gasteiger partial charge in [0.1, 0.15) is 6.29 Å². The Balaban J connectivity index is 1.98. The van der Waals surface area contributed by atoms with E-state index in [9.17, 15) is 22.8 Å². The lowest BCUT2D eigenvalue weighted by Crippen LogP contribution is -2.12. The summed E-state index contributed by atoms with van der Waals surface area (Å²) in [5.41, 5.74) is 0.959. The lowest BCUT2D eigenvalue weighted by molar-refractivity contribution is -0.137. The number of carbonyl (C=O) groups excluding carboxylic acids is 2. The van der Waals surface area contributed by atoms with Crippen LogP contribution in [0.2, 0.25) is 0 Å². The molecule has 0 radical (unpaired) electrons. The summed E-state index contributed by atoms with van der Waals surface area (Å²) in [4.78, 5) is 22.4. The maximum absolute atomic E-state index is 12.5. The number of aldehydes is 1. The second-order valence-electron chi connectivity index (χ2n) is 5.29. The van der Waals surface area contributed by atoms with Crippen LogP contribution in [0.5, 0.6) is 0 Å². The van der Waals surface area contributed by atoms with E-state index < -0.39 is 17.6 Å². The smallest absolute Gasteiger partial charge is 0.322 e. The molecule has 1 amide bonds. The Kier molecular flexibility index (Phi) is 5.73. The van der Waals surface area contributed by atoms with E-state index in [2.05, 4.69) is 5.32 Å². The number of rotatable bonds is 6. The number of hydrogen-bond acceptors (Lipinski definition) is 2. The number of unbranched alkanes of at least 4 members (excludes halogenated alkanes) is 1. The van der Waals surface area contributed by atoms with E-state index in [1.54, 1.807) is 24.3 Å². The molecule has 0 fully saturated rings. The minimum atomic E-state index is -4.40. The number of nitrogens with one attached hydrogen (secondary N) is 1. The highest BCUT2D eigenvalue weighted by Crippen LogP contribution is 2.29. The predicted octanol–water partition coefficient (Wildman–Crippen LogP) is 4.48. The van der Waals surface area contributed by atoms with E-state index >= 15 is 0 Å². The van der Waals surface area contributed by atoms with Crippen LogP contribution in [-0.2, 0) is 17.4 Å². The third kappa shape index (κ3) is 4.94. The number of hydrogen-bond donors (Lipinski definition) is 1. The molecule has 0 aliphatic rings. The minimum absolute atomic E-state index is 0.294. The van der Waals surface area contributed by atoms with Crippen LogP contribution in [0.15, 0.2) is 48.5 Å². The molecule has 0 saturated heterocycles. The van der Waals surface area contributed by atoms with E-state index in [-0.39, 0.29) is 0 Å². The van der Waals surface area contributed by atoms with Gasteiger partial charge in [-0.05, 0) is 54.8 Å². The quantitative estimate of drug-likeness (QED) is 0.625. The highest BCUT2D eigenvalue weighted by atomic mass is 19.4. The molecule has 3 nitrogen and oxygen atoms in total. The van der Waals surface area contributed by atoms with Crippen molar-refractivity contribution in [1.29, 1.82) is 0 Å². The molecule has 0 unspecified atom stereocenters. The van der Waals surface area contributed by atoms with Crippen molar-refractivity contribution in [3.05, 3.63) is 65.2 Å². The molecule has 2 aromatic carbocycles. The zero-order valence-corrected chi connectivity index (χ0v) is 12.8. The van der Waals surface area contributed by atoms with Crippen LogP contribution < -0.4 is 5.32 Å². The van der Waals surface area contributed by atoms with E-state index in [4.69, 9.17) is 0 Å². The number of aryl methyl sites for hydroxylation is 1. The van der Waals surface area contributed by atoms with Gasteiger partial charge in [0, 0.05) is 17.7 Å². The van der Waals surface area contributed by atoms with Gasteiger partial charge in [0.2, 0.25) is 0 Å². The SMILES string of the molecule is O=CCCCc1ccc(C(=O)Nc2ccc(C(F)(F)F)cc2)cc1. The average molecular weight is 335 g/mol. The largest absolute Gasteiger partial charge is 0.416 e. The molecule has 0 heterocycles. The molecule has 0 saturated carbocycles. The van der Waals surface area contributed by atoms with Gasteiger partial charge in [-0.25, -0.2) is 0 Å². The highest BCUT2D eigenvalue weighted by molar-refractivity contribution is 6.04. The summed E-state index contributed by atoms with van der Waals surface area (Å²) in [6.45, 7) is 0. The van der Waals surface area contributed by atoms with Crippen LogP contribution in [0.4, 0.5) is 18.9 Å². The summed E-state index contributed by atoms with van der Waals surface area (Å²) >= 11 is 0.